The smallest absolute Gasteiger partial charge is 0.407 e. The van der Waals surface area contributed by atoms with E-state index in [-0.39, 0.29) is 18.8 Å². The van der Waals surface area contributed by atoms with Crippen LogP contribution in [0.3, 0.4) is 0 Å². The Balaban J connectivity index is 1.98. The molecule has 3 N–H and O–H groups in total. The van der Waals surface area contributed by atoms with Crippen LogP contribution in [0.2, 0.25) is 0 Å². The number of ether oxygens (including phenoxy) is 1. The molecule has 0 saturated heterocycles. The van der Waals surface area contributed by atoms with Gasteiger partial charge in [0.05, 0.1) is 12.5 Å². The van der Waals surface area contributed by atoms with Gasteiger partial charge in [-0.15, -0.1) is 0 Å². The Kier molecular flexibility index (Phi) is 5.57. The van der Waals surface area contributed by atoms with Crippen molar-refractivity contribution in [3.8, 4) is 5.75 Å². The van der Waals surface area contributed by atoms with Crippen molar-refractivity contribution in [2.75, 3.05) is 0 Å². The highest BCUT2D eigenvalue weighted by molar-refractivity contribution is 5.72. The number of carbonyl (C=O) groups excluding carboxylic acids is 1. The van der Waals surface area contributed by atoms with E-state index in [1.165, 1.54) is 12.1 Å². The Bertz CT molecular complexity index is 654. The second kappa shape index (κ2) is 7.84. The molecule has 2 aromatic carbocycles. The summed E-state index contributed by atoms with van der Waals surface area (Å²) in [5.74, 6) is -0.985. The SMILES string of the molecule is O=C(O)C[C@@H](NC(=O)OCc1ccccc1)c1ccc(O)cc1. The summed E-state index contributed by atoms with van der Waals surface area (Å²) in [6.07, 6.45) is -0.987. The minimum Gasteiger partial charge on any atom is -0.508 e. The Morgan fingerprint density at radius 3 is 2.30 bits per heavy atom. The number of aliphatic carboxylic acids is 1. The topological polar surface area (TPSA) is 95.9 Å². The van der Waals surface area contributed by atoms with E-state index in [9.17, 15) is 14.7 Å². The van der Waals surface area contributed by atoms with Crippen LogP contribution in [0.1, 0.15) is 23.6 Å². The zero-order valence-electron chi connectivity index (χ0n) is 12.3. The second-order valence-corrected chi connectivity index (χ2v) is 4.95. The molecule has 0 unspecified atom stereocenters. The lowest BCUT2D eigenvalue weighted by Crippen LogP contribution is -2.30. The summed E-state index contributed by atoms with van der Waals surface area (Å²) >= 11 is 0. The van der Waals surface area contributed by atoms with E-state index in [1.54, 1.807) is 12.1 Å². The number of aromatic hydroxyl groups is 1. The van der Waals surface area contributed by atoms with Crippen LogP contribution < -0.4 is 5.32 Å². The van der Waals surface area contributed by atoms with Crippen LogP contribution in [0.15, 0.2) is 54.6 Å². The van der Waals surface area contributed by atoms with Gasteiger partial charge in [-0.05, 0) is 23.3 Å². The molecule has 0 saturated carbocycles. The zero-order chi connectivity index (χ0) is 16.7. The third kappa shape index (κ3) is 5.35. The molecule has 2 aromatic rings. The fourth-order valence-electron chi connectivity index (χ4n) is 2.04. The van der Waals surface area contributed by atoms with Gasteiger partial charge in [-0.3, -0.25) is 4.79 Å². The third-order valence-corrected chi connectivity index (χ3v) is 3.18. The number of benzene rings is 2. The molecule has 1 atom stereocenters. The minimum atomic E-state index is -1.05. The molecule has 0 spiro atoms. The van der Waals surface area contributed by atoms with Crippen molar-refractivity contribution in [2.45, 2.75) is 19.1 Å². The van der Waals surface area contributed by atoms with Crippen molar-refractivity contribution in [3.05, 3.63) is 65.7 Å². The van der Waals surface area contributed by atoms with E-state index >= 15 is 0 Å². The number of rotatable bonds is 6. The maximum Gasteiger partial charge on any atom is 0.407 e. The molecule has 1 amide bonds. The number of phenols is 1. The summed E-state index contributed by atoms with van der Waals surface area (Å²) in [7, 11) is 0. The van der Waals surface area contributed by atoms with Crippen LogP contribution in [-0.2, 0) is 16.1 Å². The predicted molar refractivity (Wildman–Crippen MR) is 82.9 cm³/mol. The number of nitrogens with one attached hydrogen (secondary N) is 1. The average Bonchev–Trinajstić information content (AvgIpc) is 2.53. The molecule has 0 aliphatic rings. The number of carboxylic acids is 1. The van der Waals surface area contributed by atoms with Crippen LogP contribution in [0.5, 0.6) is 5.75 Å². The zero-order valence-corrected chi connectivity index (χ0v) is 12.3. The third-order valence-electron chi connectivity index (χ3n) is 3.18. The molecule has 6 heteroatoms. The quantitative estimate of drug-likeness (QED) is 0.762. The first-order valence-corrected chi connectivity index (χ1v) is 7.02. The van der Waals surface area contributed by atoms with Crippen molar-refractivity contribution in [1.29, 1.82) is 0 Å². The van der Waals surface area contributed by atoms with Crippen LogP contribution in [0.4, 0.5) is 4.79 Å². The summed E-state index contributed by atoms with van der Waals surface area (Å²) in [5.41, 5.74) is 1.41. The number of carboxylic acid groups (broad SMARTS) is 1. The maximum absolute atomic E-state index is 11.9. The number of alkyl carbamates (subject to hydrolysis) is 1. The molecule has 23 heavy (non-hydrogen) atoms. The van der Waals surface area contributed by atoms with Gasteiger partial charge in [0.2, 0.25) is 0 Å². The van der Waals surface area contributed by atoms with Crippen molar-refractivity contribution in [2.24, 2.45) is 0 Å². The average molecular weight is 315 g/mol. The molecule has 0 aliphatic heterocycles. The number of hydrogen-bond donors (Lipinski definition) is 3. The normalized spacial score (nSPS) is 11.5. The van der Waals surface area contributed by atoms with Gasteiger partial charge < -0.3 is 20.3 Å². The largest absolute Gasteiger partial charge is 0.508 e. The Labute approximate surface area is 133 Å². The molecule has 0 radical (unpaired) electrons. The monoisotopic (exact) mass is 315 g/mol. The lowest BCUT2D eigenvalue weighted by molar-refractivity contribution is -0.137. The maximum atomic E-state index is 11.9. The molecule has 0 bridgehead atoms. The molecule has 0 aliphatic carbocycles. The predicted octanol–water partition coefficient (Wildman–Crippen LogP) is 2.83. The van der Waals surface area contributed by atoms with Gasteiger partial charge in [0, 0.05) is 0 Å². The molecule has 0 fully saturated rings. The van der Waals surface area contributed by atoms with E-state index in [2.05, 4.69) is 5.32 Å². The summed E-state index contributed by atoms with van der Waals surface area (Å²) in [5, 5.41) is 20.8. The standard InChI is InChI=1S/C17H17NO5/c19-14-8-6-13(7-9-14)15(10-16(20)21)18-17(22)23-11-12-4-2-1-3-5-12/h1-9,15,19H,10-11H2,(H,18,22)(H,20,21)/t15-/m1/s1. The second-order valence-electron chi connectivity index (χ2n) is 4.95. The number of hydrogen-bond acceptors (Lipinski definition) is 4. The van der Waals surface area contributed by atoms with Crippen molar-refractivity contribution in [3.63, 3.8) is 0 Å². The van der Waals surface area contributed by atoms with Crippen LogP contribution >= 0.6 is 0 Å². The van der Waals surface area contributed by atoms with E-state index in [0.29, 0.717) is 5.56 Å². The Morgan fingerprint density at radius 1 is 1.04 bits per heavy atom. The van der Waals surface area contributed by atoms with Crippen LogP contribution in [-0.4, -0.2) is 22.3 Å². The highest BCUT2D eigenvalue weighted by Crippen LogP contribution is 2.20. The van der Waals surface area contributed by atoms with Gasteiger partial charge in [-0.1, -0.05) is 42.5 Å². The molecule has 6 nitrogen and oxygen atoms in total. The van der Waals surface area contributed by atoms with Gasteiger partial charge >= 0.3 is 12.1 Å². The first-order valence-electron chi connectivity index (χ1n) is 7.02. The molecular weight excluding hydrogens is 298 g/mol. The van der Waals surface area contributed by atoms with E-state index in [1.807, 2.05) is 30.3 Å². The highest BCUT2D eigenvalue weighted by atomic mass is 16.5. The van der Waals surface area contributed by atoms with Gasteiger partial charge in [0.1, 0.15) is 12.4 Å². The van der Waals surface area contributed by atoms with Crippen molar-refractivity contribution >= 4 is 12.1 Å². The summed E-state index contributed by atoms with van der Waals surface area (Å²) in [6.45, 7) is 0.0992. The van der Waals surface area contributed by atoms with Gasteiger partial charge in [0.25, 0.3) is 0 Å². The van der Waals surface area contributed by atoms with Gasteiger partial charge in [0.15, 0.2) is 0 Å². The number of carbonyl (C=O) groups is 2. The lowest BCUT2D eigenvalue weighted by atomic mass is 10.0. The molecule has 2 rings (SSSR count). The first-order chi connectivity index (χ1) is 11.0. The Morgan fingerprint density at radius 2 is 1.70 bits per heavy atom. The van der Waals surface area contributed by atoms with E-state index < -0.39 is 18.1 Å². The van der Waals surface area contributed by atoms with Gasteiger partial charge in [-0.2, -0.15) is 0 Å². The van der Waals surface area contributed by atoms with E-state index in [0.717, 1.165) is 5.56 Å². The van der Waals surface area contributed by atoms with Crippen LogP contribution in [0.25, 0.3) is 0 Å². The van der Waals surface area contributed by atoms with E-state index in [4.69, 9.17) is 9.84 Å². The molecule has 120 valence electrons. The highest BCUT2D eigenvalue weighted by Gasteiger charge is 2.19. The van der Waals surface area contributed by atoms with Crippen molar-refractivity contribution in [1.82, 2.24) is 5.32 Å². The lowest BCUT2D eigenvalue weighted by Gasteiger charge is -2.17. The summed E-state index contributed by atoms with van der Waals surface area (Å²) < 4.78 is 5.09. The first kappa shape index (κ1) is 16.4. The fourth-order valence-corrected chi connectivity index (χ4v) is 2.04. The van der Waals surface area contributed by atoms with Crippen molar-refractivity contribution < 1.29 is 24.5 Å². The summed E-state index contributed by atoms with van der Waals surface area (Å²) in [6, 6.07) is 14.4. The van der Waals surface area contributed by atoms with Gasteiger partial charge in [-0.25, -0.2) is 4.79 Å². The molecule has 0 aromatic heterocycles. The number of amides is 1. The number of phenolic OH excluding ortho intramolecular Hbond substituents is 1. The van der Waals surface area contributed by atoms with Crippen LogP contribution in [0, 0.1) is 0 Å². The molecular formula is C17H17NO5. The molecule has 0 heterocycles. The minimum absolute atomic E-state index is 0.0643. The fraction of sp³-hybridized carbons (Fsp3) is 0.176. The Hall–Kier alpha value is -3.02. The summed E-state index contributed by atoms with van der Waals surface area (Å²) in [4.78, 5) is 22.8.